The first kappa shape index (κ1) is 13.4. The van der Waals surface area contributed by atoms with Crippen LogP contribution < -0.4 is 5.32 Å². The van der Waals surface area contributed by atoms with Gasteiger partial charge in [0, 0.05) is 31.2 Å². The van der Waals surface area contributed by atoms with Gasteiger partial charge in [-0.15, -0.1) is 11.3 Å². The number of hydrogen-bond donors (Lipinski definition) is 1. The summed E-state index contributed by atoms with van der Waals surface area (Å²) in [5.74, 6) is 0.608. The summed E-state index contributed by atoms with van der Waals surface area (Å²) in [6, 6.07) is 3.79. The number of hydrogen-bond acceptors (Lipinski definition) is 4. The summed E-state index contributed by atoms with van der Waals surface area (Å²) in [6.07, 6.45) is 2.43. The van der Waals surface area contributed by atoms with E-state index in [0.717, 1.165) is 13.0 Å². The number of halogens is 1. The predicted octanol–water partition coefficient (Wildman–Crippen LogP) is 3.04. The molecule has 0 spiro atoms. The van der Waals surface area contributed by atoms with Gasteiger partial charge in [-0.1, -0.05) is 11.6 Å². The Hall–Kier alpha value is -1.59. The van der Waals surface area contributed by atoms with E-state index in [1.54, 1.807) is 24.5 Å². The van der Waals surface area contributed by atoms with Gasteiger partial charge < -0.3 is 10.2 Å². The number of thiophene rings is 1. The number of pyridine rings is 1. The number of nitrogens with one attached hydrogen (secondary N) is 1. The summed E-state index contributed by atoms with van der Waals surface area (Å²) in [4.78, 5) is 19.9. The van der Waals surface area contributed by atoms with Gasteiger partial charge in [-0.25, -0.2) is 4.98 Å². The number of rotatable bonds is 2. The molecule has 2 aromatic rings. The van der Waals surface area contributed by atoms with Crippen LogP contribution in [0.3, 0.4) is 0 Å². The first-order valence-corrected chi connectivity index (χ1v) is 7.62. The highest BCUT2D eigenvalue weighted by molar-refractivity contribution is 7.10. The monoisotopic (exact) mass is 307 g/mol. The van der Waals surface area contributed by atoms with Crippen molar-refractivity contribution in [1.82, 2.24) is 9.88 Å². The average Bonchev–Trinajstić information content (AvgIpc) is 2.94. The van der Waals surface area contributed by atoms with Gasteiger partial charge in [0.25, 0.3) is 5.91 Å². The Morgan fingerprint density at radius 1 is 1.55 bits per heavy atom. The Balaban J connectivity index is 1.87. The number of anilines is 1. The van der Waals surface area contributed by atoms with E-state index in [2.05, 4.69) is 21.7 Å². The van der Waals surface area contributed by atoms with Crippen molar-refractivity contribution >= 4 is 34.7 Å². The lowest BCUT2D eigenvalue weighted by Gasteiger charge is -2.27. The molecule has 0 bridgehead atoms. The maximum atomic E-state index is 12.6. The van der Waals surface area contributed by atoms with E-state index >= 15 is 0 Å². The molecule has 2 aromatic heterocycles. The molecule has 1 N–H and O–H groups in total. The van der Waals surface area contributed by atoms with E-state index in [1.807, 2.05) is 4.90 Å². The van der Waals surface area contributed by atoms with Gasteiger partial charge in [0.1, 0.15) is 5.82 Å². The lowest BCUT2D eigenvalue weighted by atomic mass is 10.1. The van der Waals surface area contributed by atoms with Crippen molar-refractivity contribution in [2.45, 2.75) is 13.0 Å². The molecule has 0 saturated heterocycles. The minimum Gasteiger partial charge on any atom is -0.373 e. The number of aromatic nitrogens is 1. The maximum Gasteiger partial charge on any atom is 0.255 e. The van der Waals surface area contributed by atoms with E-state index in [1.165, 1.54) is 16.6 Å². The summed E-state index contributed by atoms with van der Waals surface area (Å²) in [7, 11) is 1.77. The Bertz CT molecular complexity index is 656. The van der Waals surface area contributed by atoms with Gasteiger partial charge in [-0.2, -0.15) is 0 Å². The minimum atomic E-state index is -0.0363. The fourth-order valence-corrected chi connectivity index (χ4v) is 3.41. The lowest BCUT2D eigenvalue weighted by molar-refractivity contribution is 0.0736. The minimum absolute atomic E-state index is 0.0363. The average molecular weight is 308 g/mol. The Labute approximate surface area is 126 Å². The van der Waals surface area contributed by atoms with E-state index in [9.17, 15) is 4.79 Å². The second-order valence-corrected chi connectivity index (χ2v) is 6.05. The molecular formula is C14H14ClN3OS. The second-order valence-electron chi connectivity index (χ2n) is 4.65. The molecule has 3 heterocycles. The first-order valence-electron chi connectivity index (χ1n) is 6.37. The first-order chi connectivity index (χ1) is 9.69. The zero-order valence-electron chi connectivity index (χ0n) is 11.0. The third-order valence-corrected chi connectivity index (χ3v) is 4.76. The molecule has 0 aromatic carbocycles. The van der Waals surface area contributed by atoms with Crippen LogP contribution in [0.4, 0.5) is 5.82 Å². The zero-order chi connectivity index (χ0) is 14.1. The van der Waals surface area contributed by atoms with E-state index in [-0.39, 0.29) is 5.91 Å². The number of amides is 1. The Kier molecular flexibility index (Phi) is 3.63. The van der Waals surface area contributed by atoms with Gasteiger partial charge in [-0.3, -0.25) is 4.79 Å². The van der Waals surface area contributed by atoms with Crippen molar-refractivity contribution in [1.29, 1.82) is 0 Å². The predicted molar refractivity (Wildman–Crippen MR) is 81.6 cm³/mol. The van der Waals surface area contributed by atoms with E-state index in [4.69, 9.17) is 11.6 Å². The van der Waals surface area contributed by atoms with Crippen molar-refractivity contribution in [3.8, 4) is 0 Å². The molecule has 20 heavy (non-hydrogen) atoms. The van der Waals surface area contributed by atoms with Gasteiger partial charge in [-0.05, 0) is 29.5 Å². The molecule has 104 valence electrons. The van der Waals surface area contributed by atoms with Crippen molar-refractivity contribution < 1.29 is 4.79 Å². The fraction of sp³-hybridized carbons (Fsp3) is 0.286. The third-order valence-electron chi connectivity index (χ3n) is 3.44. The molecule has 1 aliphatic rings. The summed E-state index contributed by atoms with van der Waals surface area (Å²) in [6.45, 7) is 1.39. The molecule has 6 heteroatoms. The fourth-order valence-electron chi connectivity index (χ4n) is 2.33. The molecule has 0 atom stereocenters. The van der Waals surface area contributed by atoms with Gasteiger partial charge in [0.05, 0.1) is 10.6 Å². The van der Waals surface area contributed by atoms with Gasteiger partial charge in [0.15, 0.2) is 0 Å². The molecule has 0 radical (unpaired) electrons. The van der Waals surface area contributed by atoms with Crippen LogP contribution in [0.2, 0.25) is 5.02 Å². The molecule has 0 saturated carbocycles. The van der Waals surface area contributed by atoms with Crippen molar-refractivity contribution in [3.63, 3.8) is 0 Å². The zero-order valence-corrected chi connectivity index (χ0v) is 12.6. The van der Waals surface area contributed by atoms with Crippen LogP contribution in [-0.2, 0) is 13.0 Å². The highest BCUT2D eigenvalue weighted by Gasteiger charge is 2.24. The summed E-state index contributed by atoms with van der Waals surface area (Å²) >= 11 is 7.87. The molecule has 0 fully saturated rings. The number of carbonyl (C=O) groups excluding carboxylic acids is 1. The smallest absolute Gasteiger partial charge is 0.255 e. The molecule has 0 unspecified atom stereocenters. The van der Waals surface area contributed by atoms with Crippen molar-refractivity contribution in [2.75, 3.05) is 18.9 Å². The maximum absolute atomic E-state index is 12.6. The van der Waals surface area contributed by atoms with Crippen LogP contribution in [0.15, 0.2) is 23.7 Å². The number of carbonyl (C=O) groups is 1. The highest BCUT2D eigenvalue weighted by Crippen LogP contribution is 2.27. The summed E-state index contributed by atoms with van der Waals surface area (Å²) in [5, 5.41) is 5.40. The summed E-state index contributed by atoms with van der Waals surface area (Å²) in [5.41, 5.74) is 1.75. The van der Waals surface area contributed by atoms with Crippen LogP contribution >= 0.6 is 22.9 Å². The molecule has 3 rings (SSSR count). The SMILES string of the molecule is CNc1cc(C(=O)N2CCc3sccc3C2)c(Cl)cn1. The number of fused-ring (bicyclic) bond motifs is 1. The quantitative estimate of drug-likeness (QED) is 0.927. The van der Waals surface area contributed by atoms with Gasteiger partial charge >= 0.3 is 0 Å². The van der Waals surface area contributed by atoms with Crippen molar-refractivity contribution in [2.24, 2.45) is 0 Å². The molecule has 0 aliphatic carbocycles. The topological polar surface area (TPSA) is 45.2 Å². The molecule has 1 amide bonds. The molecular weight excluding hydrogens is 294 g/mol. The van der Waals surface area contributed by atoms with E-state index in [0.29, 0.717) is 22.9 Å². The van der Waals surface area contributed by atoms with Crippen LogP contribution in [0, 0.1) is 0 Å². The summed E-state index contributed by atoms with van der Waals surface area (Å²) < 4.78 is 0. The molecule has 1 aliphatic heterocycles. The Morgan fingerprint density at radius 2 is 2.40 bits per heavy atom. The third kappa shape index (κ3) is 2.39. The second kappa shape index (κ2) is 5.42. The highest BCUT2D eigenvalue weighted by atomic mass is 35.5. The number of nitrogens with zero attached hydrogens (tertiary/aromatic N) is 2. The standard InChI is InChI=1S/C14H14ClN3OS/c1-16-13-6-10(11(15)7-17-13)14(19)18-4-2-12-9(8-18)3-5-20-12/h3,5-7H,2,4,8H2,1H3,(H,16,17). The normalized spacial score (nSPS) is 14.0. The van der Waals surface area contributed by atoms with Crippen LogP contribution in [-0.4, -0.2) is 29.4 Å². The van der Waals surface area contributed by atoms with Crippen molar-refractivity contribution in [3.05, 3.63) is 44.7 Å². The molecule has 4 nitrogen and oxygen atoms in total. The van der Waals surface area contributed by atoms with E-state index < -0.39 is 0 Å². The lowest BCUT2D eigenvalue weighted by Crippen LogP contribution is -2.35. The van der Waals surface area contributed by atoms with Crippen LogP contribution in [0.25, 0.3) is 0 Å². The Morgan fingerprint density at radius 3 is 3.20 bits per heavy atom. The van der Waals surface area contributed by atoms with Gasteiger partial charge in [0.2, 0.25) is 0 Å². The largest absolute Gasteiger partial charge is 0.373 e. The van der Waals surface area contributed by atoms with Crippen LogP contribution in [0.1, 0.15) is 20.8 Å². The van der Waals surface area contributed by atoms with Crippen LogP contribution in [0.5, 0.6) is 0 Å².